The van der Waals surface area contributed by atoms with Crippen LogP contribution in [0.2, 0.25) is 0 Å². The van der Waals surface area contributed by atoms with Gasteiger partial charge in [0.15, 0.2) is 5.82 Å². The number of halogens is 1. The Labute approximate surface area is 197 Å². The van der Waals surface area contributed by atoms with Crippen LogP contribution in [0.5, 0.6) is 0 Å². The van der Waals surface area contributed by atoms with Gasteiger partial charge in [0.1, 0.15) is 11.9 Å². The number of piperidine rings is 1. The molecule has 8 heteroatoms. The van der Waals surface area contributed by atoms with Crippen LogP contribution in [0, 0.1) is 11.7 Å². The fourth-order valence-electron chi connectivity index (χ4n) is 4.76. The van der Waals surface area contributed by atoms with Gasteiger partial charge in [-0.1, -0.05) is 32.0 Å². The molecule has 1 atom stereocenters. The van der Waals surface area contributed by atoms with E-state index in [9.17, 15) is 9.18 Å². The average molecular weight is 461 g/mol. The van der Waals surface area contributed by atoms with Gasteiger partial charge in [-0.05, 0) is 95.5 Å². The molecule has 2 aromatic carbocycles. The number of nitrogens with one attached hydrogen (secondary N) is 1. The van der Waals surface area contributed by atoms with E-state index < -0.39 is 0 Å². The molecule has 0 amide bonds. The van der Waals surface area contributed by atoms with Crippen molar-refractivity contribution in [3.05, 3.63) is 87.2 Å². The third-order valence-corrected chi connectivity index (χ3v) is 6.87. The number of tetrazole rings is 1. The number of pyridine rings is 1. The molecule has 4 aromatic rings. The average Bonchev–Trinajstić information content (AvgIpc) is 3.29. The summed E-state index contributed by atoms with van der Waals surface area (Å²) in [5.74, 6) is 0.986. The molecule has 0 saturated carbocycles. The van der Waals surface area contributed by atoms with E-state index in [2.05, 4.69) is 45.3 Å². The van der Waals surface area contributed by atoms with Gasteiger partial charge < -0.3 is 4.98 Å². The monoisotopic (exact) mass is 460 g/mol. The summed E-state index contributed by atoms with van der Waals surface area (Å²) in [4.78, 5) is 18.7. The van der Waals surface area contributed by atoms with E-state index in [-0.39, 0.29) is 17.4 Å². The van der Waals surface area contributed by atoms with Crippen LogP contribution >= 0.6 is 0 Å². The molecule has 176 valence electrons. The predicted octanol–water partition coefficient (Wildman–Crippen LogP) is 4.09. The van der Waals surface area contributed by atoms with Crippen LogP contribution in [-0.2, 0) is 13.0 Å². The lowest BCUT2D eigenvalue weighted by molar-refractivity contribution is 0.149. The normalized spacial score (nSPS) is 16.2. The highest BCUT2D eigenvalue weighted by atomic mass is 19.1. The molecule has 0 radical (unpaired) electrons. The van der Waals surface area contributed by atoms with Gasteiger partial charge in [-0.2, -0.15) is 0 Å². The molecule has 7 nitrogen and oxygen atoms in total. The second-order valence-corrected chi connectivity index (χ2v) is 9.27. The minimum absolute atomic E-state index is 0.128. The molecule has 1 aliphatic rings. The van der Waals surface area contributed by atoms with Crippen molar-refractivity contribution in [1.82, 2.24) is 30.1 Å². The van der Waals surface area contributed by atoms with Crippen molar-refractivity contribution >= 4 is 10.9 Å². The van der Waals surface area contributed by atoms with Gasteiger partial charge in [0, 0.05) is 11.1 Å². The number of aromatic amines is 1. The summed E-state index contributed by atoms with van der Waals surface area (Å²) in [7, 11) is 0. The molecular weight excluding hydrogens is 431 g/mol. The van der Waals surface area contributed by atoms with E-state index in [4.69, 9.17) is 0 Å². The topological polar surface area (TPSA) is 79.7 Å². The van der Waals surface area contributed by atoms with Crippen LogP contribution in [0.15, 0.2) is 53.3 Å². The zero-order chi connectivity index (χ0) is 23.7. The lowest BCUT2D eigenvalue weighted by Crippen LogP contribution is -2.40. The third-order valence-electron chi connectivity index (χ3n) is 6.87. The number of fused-ring (bicyclic) bond motifs is 1. The SMILES string of the molecule is CCc1ccc2[nH]c(=O)c([C@@H](c3nnnn3Cc3ccc(F)cc3)N3CCC(C)CC3)cc2c1. The minimum atomic E-state index is -0.374. The molecule has 0 spiro atoms. The quantitative estimate of drug-likeness (QED) is 0.469. The Morgan fingerprint density at radius 3 is 2.56 bits per heavy atom. The molecule has 0 unspecified atom stereocenters. The Balaban J connectivity index is 1.60. The Morgan fingerprint density at radius 1 is 1.09 bits per heavy atom. The number of rotatable bonds is 6. The molecule has 3 heterocycles. The molecule has 1 fully saturated rings. The van der Waals surface area contributed by atoms with Crippen molar-refractivity contribution in [2.75, 3.05) is 13.1 Å². The Morgan fingerprint density at radius 2 is 1.82 bits per heavy atom. The second kappa shape index (κ2) is 9.46. The van der Waals surface area contributed by atoms with Crippen LogP contribution in [0.3, 0.4) is 0 Å². The van der Waals surface area contributed by atoms with Crippen LogP contribution in [-0.4, -0.2) is 43.2 Å². The number of benzene rings is 2. The van der Waals surface area contributed by atoms with Crippen molar-refractivity contribution in [3.63, 3.8) is 0 Å². The summed E-state index contributed by atoms with van der Waals surface area (Å²) in [6.45, 7) is 6.51. The van der Waals surface area contributed by atoms with Gasteiger partial charge in [-0.25, -0.2) is 9.07 Å². The first-order chi connectivity index (χ1) is 16.5. The number of H-pyrrole nitrogens is 1. The molecule has 2 aromatic heterocycles. The zero-order valence-corrected chi connectivity index (χ0v) is 19.5. The highest BCUT2D eigenvalue weighted by Crippen LogP contribution is 2.31. The van der Waals surface area contributed by atoms with Crippen LogP contribution in [0.25, 0.3) is 10.9 Å². The maximum atomic E-state index is 13.4. The van der Waals surface area contributed by atoms with Gasteiger partial charge >= 0.3 is 0 Å². The molecule has 1 N–H and O–H groups in total. The van der Waals surface area contributed by atoms with Crippen molar-refractivity contribution < 1.29 is 4.39 Å². The van der Waals surface area contributed by atoms with Gasteiger partial charge in [0.25, 0.3) is 5.56 Å². The molecule has 0 aliphatic carbocycles. The van der Waals surface area contributed by atoms with Crippen molar-refractivity contribution in [1.29, 1.82) is 0 Å². The van der Waals surface area contributed by atoms with E-state index in [1.54, 1.807) is 16.8 Å². The molecule has 5 rings (SSSR count). The summed E-state index contributed by atoms with van der Waals surface area (Å²) in [5, 5.41) is 13.6. The second-order valence-electron chi connectivity index (χ2n) is 9.27. The van der Waals surface area contributed by atoms with Crippen molar-refractivity contribution in [2.45, 2.75) is 45.7 Å². The fraction of sp³-hybridized carbons (Fsp3) is 0.385. The third kappa shape index (κ3) is 4.50. The number of hydrogen-bond donors (Lipinski definition) is 1. The first-order valence-electron chi connectivity index (χ1n) is 11.9. The molecule has 0 bridgehead atoms. The summed E-state index contributed by atoms with van der Waals surface area (Å²) in [5.41, 5.74) is 3.45. The lowest BCUT2D eigenvalue weighted by atomic mass is 9.95. The first-order valence-corrected chi connectivity index (χ1v) is 11.9. The number of aryl methyl sites for hydroxylation is 1. The molecule has 1 aliphatic heterocycles. The number of hydrogen-bond acceptors (Lipinski definition) is 5. The number of aromatic nitrogens is 5. The lowest BCUT2D eigenvalue weighted by Gasteiger charge is -2.35. The minimum Gasteiger partial charge on any atom is -0.322 e. The van der Waals surface area contributed by atoms with Crippen LogP contribution < -0.4 is 5.56 Å². The standard InChI is InChI=1S/C26H29FN6O/c1-3-18-6-9-23-20(14-18)15-22(26(34)28-23)24(32-12-10-17(2)11-13-32)25-29-30-31-33(25)16-19-4-7-21(27)8-5-19/h4-9,14-15,17,24H,3,10-13,16H2,1-2H3,(H,28,34)/t24-/m0/s1. The maximum Gasteiger partial charge on any atom is 0.253 e. The van der Waals surface area contributed by atoms with E-state index in [0.29, 0.717) is 23.9 Å². The Hall–Kier alpha value is -3.39. The number of likely N-dealkylation sites (tertiary alicyclic amines) is 1. The van der Waals surface area contributed by atoms with Gasteiger partial charge in [-0.15, -0.1) is 5.10 Å². The summed E-state index contributed by atoms with van der Waals surface area (Å²) >= 11 is 0. The fourth-order valence-corrected chi connectivity index (χ4v) is 4.76. The van der Waals surface area contributed by atoms with E-state index >= 15 is 0 Å². The Kier molecular flexibility index (Phi) is 6.24. The maximum absolute atomic E-state index is 13.4. The van der Waals surface area contributed by atoms with Crippen molar-refractivity contribution in [2.24, 2.45) is 5.92 Å². The smallest absolute Gasteiger partial charge is 0.253 e. The van der Waals surface area contributed by atoms with Crippen molar-refractivity contribution in [3.8, 4) is 0 Å². The van der Waals surface area contributed by atoms with Gasteiger partial charge in [-0.3, -0.25) is 9.69 Å². The van der Waals surface area contributed by atoms with Gasteiger partial charge in [0.05, 0.1) is 6.54 Å². The van der Waals surface area contributed by atoms with E-state index in [0.717, 1.165) is 48.8 Å². The summed E-state index contributed by atoms with van der Waals surface area (Å²) in [6, 6.07) is 14.1. The Bertz CT molecular complexity index is 1340. The zero-order valence-electron chi connectivity index (χ0n) is 19.5. The van der Waals surface area contributed by atoms with E-state index in [1.807, 2.05) is 18.2 Å². The predicted molar refractivity (Wildman–Crippen MR) is 129 cm³/mol. The summed E-state index contributed by atoms with van der Waals surface area (Å²) in [6.07, 6.45) is 3.04. The van der Waals surface area contributed by atoms with Crippen LogP contribution in [0.4, 0.5) is 4.39 Å². The highest BCUT2D eigenvalue weighted by Gasteiger charge is 2.32. The largest absolute Gasteiger partial charge is 0.322 e. The molecular formula is C26H29FN6O. The van der Waals surface area contributed by atoms with Gasteiger partial charge in [0.2, 0.25) is 0 Å². The number of nitrogens with zero attached hydrogens (tertiary/aromatic N) is 5. The van der Waals surface area contributed by atoms with Crippen LogP contribution in [0.1, 0.15) is 55.2 Å². The summed E-state index contributed by atoms with van der Waals surface area (Å²) < 4.78 is 15.1. The highest BCUT2D eigenvalue weighted by molar-refractivity contribution is 5.80. The first kappa shape index (κ1) is 22.4. The molecule has 34 heavy (non-hydrogen) atoms. The molecule has 1 saturated heterocycles. The van der Waals surface area contributed by atoms with E-state index in [1.165, 1.54) is 17.7 Å².